The molecule has 2 saturated carbocycles. The van der Waals surface area contributed by atoms with E-state index in [2.05, 4.69) is 27.7 Å². The van der Waals surface area contributed by atoms with Gasteiger partial charge in [0.2, 0.25) is 0 Å². The topological polar surface area (TPSA) is 62.8 Å². The first-order chi connectivity index (χ1) is 17.7. The van der Waals surface area contributed by atoms with Gasteiger partial charge in [0, 0.05) is 29.7 Å². The molecule has 0 radical (unpaired) electrons. The summed E-state index contributed by atoms with van der Waals surface area (Å²) in [4.78, 5) is 15.3. The van der Waals surface area contributed by atoms with Crippen molar-refractivity contribution in [2.45, 2.75) is 62.2 Å². The smallest absolute Gasteiger partial charge is 0.416 e. The van der Waals surface area contributed by atoms with Crippen molar-refractivity contribution in [3.05, 3.63) is 53.6 Å². The second-order valence-corrected chi connectivity index (χ2v) is 10.6. The minimum absolute atomic E-state index is 0.0173. The molecule has 1 heterocycles. The Balaban J connectivity index is 1.30. The Labute approximate surface area is 215 Å². The Kier molecular flexibility index (Phi) is 7.00. The molecule has 200 valence electrons. The largest absolute Gasteiger partial charge is 0.493 e. The molecule has 3 aliphatic rings. The van der Waals surface area contributed by atoms with Crippen LogP contribution in [0, 0.1) is 5.92 Å². The van der Waals surface area contributed by atoms with Gasteiger partial charge in [-0.3, -0.25) is 4.90 Å². The molecule has 37 heavy (non-hydrogen) atoms. The number of benzene rings is 2. The van der Waals surface area contributed by atoms with Crippen molar-refractivity contribution in [3.8, 4) is 11.5 Å². The van der Waals surface area contributed by atoms with Gasteiger partial charge in [-0.15, -0.1) is 0 Å². The summed E-state index contributed by atoms with van der Waals surface area (Å²) < 4.78 is 49.6. The average molecular weight is 518 g/mol. The molecule has 5 rings (SSSR count). The number of nitrogens with one attached hydrogen (secondary N) is 2. The summed E-state index contributed by atoms with van der Waals surface area (Å²) in [5.41, 5.74) is 0.823. The lowest BCUT2D eigenvalue weighted by molar-refractivity contribution is -0.137. The number of carbonyl (C=O) groups excluding carboxylic acids is 1. The van der Waals surface area contributed by atoms with Crippen molar-refractivity contribution >= 4 is 11.7 Å². The SMILES string of the molecule is COc1ccc([C@@]23CC[C@@H](NC(=O)Nc4ccc(C(F)(F)F)cc4)C[C@@H]2N(CC2CC2)CC3)cc1OC. The molecular weight excluding hydrogens is 483 g/mol. The van der Waals surface area contributed by atoms with E-state index in [-0.39, 0.29) is 17.5 Å². The standard InChI is InChI=1S/C28H34F3N3O3/c1-36-23-10-7-20(15-24(23)37-2)27-12-11-22(16-25(27)34(14-13-27)17-18-3-4-18)33-26(35)32-21-8-5-19(6-9-21)28(29,30)31/h5-10,15,18,22,25H,3-4,11-14,16-17H2,1-2H3,(H2,32,33,35)/t22-,25+,27+/m1/s1. The molecule has 1 saturated heterocycles. The number of fused-ring (bicyclic) bond motifs is 1. The molecule has 9 heteroatoms. The van der Waals surface area contributed by atoms with Gasteiger partial charge in [-0.2, -0.15) is 13.2 Å². The summed E-state index contributed by atoms with van der Waals surface area (Å²) in [5.74, 6) is 2.20. The zero-order chi connectivity index (χ0) is 26.2. The normalized spacial score (nSPS) is 25.9. The Morgan fingerprint density at radius 1 is 1.03 bits per heavy atom. The molecule has 0 spiro atoms. The third kappa shape index (κ3) is 5.37. The minimum Gasteiger partial charge on any atom is -0.493 e. The number of ether oxygens (including phenoxy) is 2. The van der Waals surface area contributed by atoms with Crippen molar-refractivity contribution in [2.75, 3.05) is 32.6 Å². The van der Waals surface area contributed by atoms with E-state index in [0.717, 1.165) is 62.6 Å². The number of alkyl halides is 3. The number of rotatable bonds is 7. The van der Waals surface area contributed by atoms with Gasteiger partial charge in [-0.25, -0.2) is 4.79 Å². The Morgan fingerprint density at radius 3 is 2.41 bits per heavy atom. The van der Waals surface area contributed by atoms with Crippen LogP contribution in [0.1, 0.15) is 49.7 Å². The molecule has 2 amide bonds. The number of anilines is 1. The molecule has 2 aliphatic carbocycles. The molecular formula is C28H34F3N3O3. The summed E-state index contributed by atoms with van der Waals surface area (Å²) in [6.07, 6.45) is 1.79. The molecule has 2 aromatic carbocycles. The van der Waals surface area contributed by atoms with Gasteiger partial charge in [0.1, 0.15) is 0 Å². The van der Waals surface area contributed by atoms with Crippen LogP contribution in [-0.4, -0.2) is 50.3 Å². The van der Waals surface area contributed by atoms with Crippen LogP contribution in [0.5, 0.6) is 11.5 Å². The lowest BCUT2D eigenvalue weighted by Crippen LogP contribution is -2.53. The highest BCUT2D eigenvalue weighted by Gasteiger charge is 2.52. The Hall–Kier alpha value is -2.94. The van der Waals surface area contributed by atoms with Crippen LogP contribution in [0.15, 0.2) is 42.5 Å². The van der Waals surface area contributed by atoms with E-state index in [1.165, 1.54) is 30.5 Å². The number of amides is 2. The highest BCUT2D eigenvalue weighted by Crippen LogP contribution is 2.51. The van der Waals surface area contributed by atoms with Crippen LogP contribution in [0.4, 0.5) is 23.7 Å². The molecule has 2 N–H and O–H groups in total. The zero-order valence-corrected chi connectivity index (χ0v) is 21.2. The average Bonchev–Trinajstić information content (AvgIpc) is 3.63. The molecule has 3 atom stereocenters. The van der Waals surface area contributed by atoms with E-state index in [1.54, 1.807) is 14.2 Å². The van der Waals surface area contributed by atoms with Crippen molar-refractivity contribution in [1.29, 1.82) is 0 Å². The third-order valence-corrected chi connectivity index (χ3v) is 8.32. The summed E-state index contributed by atoms with van der Waals surface area (Å²) in [7, 11) is 3.29. The number of hydrogen-bond acceptors (Lipinski definition) is 4. The van der Waals surface area contributed by atoms with Gasteiger partial charge in [0.15, 0.2) is 11.5 Å². The molecule has 0 unspecified atom stereocenters. The highest BCUT2D eigenvalue weighted by atomic mass is 19.4. The quantitative estimate of drug-likeness (QED) is 0.486. The summed E-state index contributed by atoms with van der Waals surface area (Å²) in [6, 6.07) is 10.6. The molecule has 6 nitrogen and oxygen atoms in total. The summed E-state index contributed by atoms with van der Waals surface area (Å²) >= 11 is 0. The van der Waals surface area contributed by atoms with E-state index < -0.39 is 17.8 Å². The predicted molar refractivity (Wildman–Crippen MR) is 135 cm³/mol. The van der Waals surface area contributed by atoms with Crippen molar-refractivity contribution in [1.82, 2.24) is 10.2 Å². The van der Waals surface area contributed by atoms with E-state index in [1.807, 2.05) is 6.07 Å². The molecule has 2 aromatic rings. The van der Waals surface area contributed by atoms with Crippen LogP contribution in [-0.2, 0) is 11.6 Å². The predicted octanol–water partition coefficient (Wildman–Crippen LogP) is 5.82. The lowest BCUT2D eigenvalue weighted by Gasteiger charge is -2.45. The fourth-order valence-corrected chi connectivity index (χ4v) is 6.20. The number of urea groups is 1. The monoisotopic (exact) mass is 517 g/mol. The maximum Gasteiger partial charge on any atom is 0.416 e. The Morgan fingerprint density at radius 2 is 1.76 bits per heavy atom. The number of halogens is 3. The number of nitrogens with zero attached hydrogens (tertiary/aromatic N) is 1. The van der Waals surface area contributed by atoms with E-state index in [0.29, 0.717) is 11.4 Å². The molecule has 0 bridgehead atoms. The first-order valence-electron chi connectivity index (χ1n) is 12.9. The van der Waals surface area contributed by atoms with E-state index >= 15 is 0 Å². The van der Waals surface area contributed by atoms with Gasteiger partial charge in [-0.05, 0) is 92.9 Å². The second kappa shape index (κ2) is 10.1. The third-order valence-electron chi connectivity index (χ3n) is 8.32. The van der Waals surface area contributed by atoms with Gasteiger partial charge < -0.3 is 20.1 Å². The minimum atomic E-state index is -4.41. The summed E-state index contributed by atoms with van der Waals surface area (Å²) in [6.45, 7) is 2.12. The van der Waals surface area contributed by atoms with Crippen LogP contribution < -0.4 is 20.1 Å². The number of carbonyl (C=O) groups is 1. The van der Waals surface area contributed by atoms with Gasteiger partial charge in [0.25, 0.3) is 0 Å². The van der Waals surface area contributed by atoms with Crippen LogP contribution in [0.25, 0.3) is 0 Å². The van der Waals surface area contributed by atoms with Gasteiger partial charge >= 0.3 is 12.2 Å². The maximum absolute atomic E-state index is 12.8. The van der Waals surface area contributed by atoms with Crippen molar-refractivity contribution in [2.24, 2.45) is 5.92 Å². The van der Waals surface area contributed by atoms with Gasteiger partial charge in [0.05, 0.1) is 19.8 Å². The van der Waals surface area contributed by atoms with Gasteiger partial charge in [-0.1, -0.05) is 6.07 Å². The molecule has 3 fully saturated rings. The van der Waals surface area contributed by atoms with Crippen molar-refractivity contribution in [3.63, 3.8) is 0 Å². The number of hydrogen-bond donors (Lipinski definition) is 2. The van der Waals surface area contributed by atoms with Crippen LogP contribution in [0.3, 0.4) is 0 Å². The van der Waals surface area contributed by atoms with Crippen molar-refractivity contribution < 1.29 is 27.4 Å². The van der Waals surface area contributed by atoms with Crippen LogP contribution >= 0.6 is 0 Å². The first kappa shape index (κ1) is 25.7. The molecule has 0 aromatic heterocycles. The number of likely N-dealkylation sites (tertiary alicyclic amines) is 1. The maximum atomic E-state index is 12.8. The fourth-order valence-electron chi connectivity index (χ4n) is 6.20. The second-order valence-electron chi connectivity index (χ2n) is 10.6. The molecule has 1 aliphatic heterocycles. The first-order valence-corrected chi connectivity index (χ1v) is 12.9. The lowest BCUT2D eigenvalue weighted by atomic mass is 9.65. The summed E-state index contributed by atoms with van der Waals surface area (Å²) in [5, 5.41) is 5.77. The van der Waals surface area contributed by atoms with Crippen LogP contribution in [0.2, 0.25) is 0 Å². The fraction of sp³-hybridized carbons (Fsp3) is 0.536. The number of methoxy groups -OCH3 is 2. The zero-order valence-electron chi connectivity index (χ0n) is 21.2. The van der Waals surface area contributed by atoms with E-state index in [9.17, 15) is 18.0 Å². The Bertz CT molecular complexity index is 1120. The van der Waals surface area contributed by atoms with E-state index in [4.69, 9.17) is 9.47 Å². The highest BCUT2D eigenvalue weighted by molar-refractivity contribution is 5.89.